The molecule has 1 aromatic heterocycles. The second-order valence-electron chi connectivity index (χ2n) is 36.1. The maximum Gasteiger partial charge on any atom is 0.333 e. The summed E-state index contributed by atoms with van der Waals surface area (Å²) in [6.45, 7) is 21.1. The summed E-state index contributed by atoms with van der Waals surface area (Å²) in [4.78, 5) is 162. The van der Waals surface area contributed by atoms with Crippen molar-refractivity contribution in [2.75, 3.05) is 84.9 Å². The number of carbonyl (C=O) groups excluding carboxylic acids is 10. The number of cyclic esters (lactones) is 2. The number of aliphatic hydroxyl groups is 5. The molecule has 0 radical (unpaired) electrons. The van der Waals surface area contributed by atoms with Gasteiger partial charge in [-0.3, -0.25) is 43.2 Å². The van der Waals surface area contributed by atoms with E-state index >= 15 is 19.2 Å². The van der Waals surface area contributed by atoms with Crippen LogP contribution in [0.4, 0.5) is 5.69 Å². The lowest BCUT2D eigenvalue weighted by Crippen LogP contribution is -2.65. The molecule has 35 heteroatoms. The van der Waals surface area contributed by atoms with Gasteiger partial charge in [0.1, 0.15) is 71.3 Å². The third-order valence-corrected chi connectivity index (χ3v) is 27.4. The fourth-order valence-corrected chi connectivity index (χ4v) is 19.5. The predicted molar refractivity (Wildman–Crippen MR) is 459 cm³/mol. The number of benzene rings is 2. The number of carbonyl (C=O) groups is 10. The Labute approximate surface area is 732 Å². The summed E-state index contributed by atoms with van der Waals surface area (Å²) in [5.41, 5.74) is -5.75. The largest absolute Gasteiger partial charge is 0.505 e. The molecule has 27 atom stereocenters. The van der Waals surface area contributed by atoms with Crippen molar-refractivity contribution in [1.29, 1.82) is 0 Å². The van der Waals surface area contributed by atoms with Crippen molar-refractivity contribution < 1.29 is 112 Å². The van der Waals surface area contributed by atoms with E-state index in [-0.39, 0.29) is 94.1 Å². The number of anilines is 1. The highest BCUT2D eigenvalue weighted by molar-refractivity contribution is 7.99. The van der Waals surface area contributed by atoms with Gasteiger partial charge in [-0.05, 0) is 149 Å². The molecular formula is C89H135N11O23S. The van der Waals surface area contributed by atoms with Crippen molar-refractivity contribution in [3.63, 3.8) is 0 Å². The number of esters is 2. The first-order valence-corrected chi connectivity index (χ1v) is 44.6. The Morgan fingerprint density at radius 2 is 1.46 bits per heavy atom. The van der Waals surface area contributed by atoms with Gasteiger partial charge in [-0.15, -0.1) is 0 Å². The minimum atomic E-state index is -2.08. The Hall–Kier alpha value is -8.04. The van der Waals surface area contributed by atoms with Crippen LogP contribution in [0.5, 0.6) is 5.75 Å². The standard InChI is InChI=1S/C89H135N11O23S/c1-20-65-89(13,116)74(105)50(5)68(48(3)44-87(11,115)76(123-84-72(104)60(97(16)17)41-49(4)118-84)51(6)73(52(7)82(112)121-65)122-67-45-88(12,117-19)75(106)54(9)119-67)92-38-37-90-66(103)35-40-124-47-57-46-100-61(43-64(57)102)77(107)94-70(56-27-23-22-24-28-56)83(113)120-53(8)69(93-78(108)71-63(101)30-25-36-91-71)79(109)95-86(10,21-2)85(114)99-39-26-29-59(99)80(110)98(18)62(81(100)111)42-55-31-33-58(34-32-55)96(14)15/h22-25,27-28,30-34,36,48-54,57,59-62,65,67-70,72-76,84,92,101,104-106,115-116H,20-21,26,29,35,37-47H2,1-19H3,(H,90,103)(H,93,108)(H,94,107)(H,95,109)/t48-,49?,50+,51?,52-,53-,54?,57?,59+,60?,61+,62+,65-,67?,68+,69+,70+,72?,73+,74-,75?,76?,84?,86?,87-,88?,89-/m1/s1. The smallest absolute Gasteiger partial charge is 0.333 e. The van der Waals surface area contributed by atoms with Crippen molar-refractivity contribution in [2.45, 2.75) is 286 Å². The summed E-state index contributed by atoms with van der Waals surface area (Å²) in [6.07, 6.45) is -11.4. The molecule has 0 saturated carbocycles. The number of nitrogens with zero attached hydrogens (tertiary/aromatic N) is 6. The second-order valence-corrected chi connectivity index (χ2v) is 37.3. The zero-order chi connectivity index (χ0) is 91.5. The number of hydrogen-bond donors (Lipinski definition) is 11. The molecule has 0 aliphatic carbocycles. The van der Waals surface area contributed by atoms with Crippen molar-refractivity contribution in [2.24, 2.45) is 29.6 Å². The van der Waals surface area contributed by atoms with E-state index in [4.69, 9.17) is 33.2 Å². The summed E-state index contributed by atoms with van der Waals surface area (Å²) in [5.74, 6) is -12.7. The van der Waals surface area contributed by atoms with Crippen molar-refractivity contribution in [3.05, 3.63) is 89.7 Å². The van der Waals surface area contributed by atoms with E-state index in [1.54, 1.807) is 85.7 Å². The summed E-state index contributed by atoms with van der Waals surface area (Å²) < 4.78 is 44.5. The average Bonchev–Trinajstić information content (AvgIpc) is 0.902. The molecule has 6 aliphatic heterocycles. The Balaban J connectivity index is 0.965. The average molecular weight is 1760 g/mol. The maximum absolute atomic E-state index is 16.2. The van der Waals surface area contributed by atoms with Crippen LogP contribution in [0.3, 0.4) is 0 Å². The first kappa shape index (κ1) is 99.7. The van der Waals surface area contributed by atoms with Crippen molar-refractivity contribution >= 4 is 76.5 Å². The number of aromatic nitrogens is 1. The Morgan fingerprint density at radius 3 is 2.10 bits per heavy atom. The van der Waals surface area contributed by atoms with Crippen LogP contribution in [0.15, 0.2) is 72.9 Å². The number of methoxy groups -OCH3 is 1. The van der Waals surface area contributed by atoms with Gasteiger partial charge >= 0.3 is 11.9 Å². The number of aliphatic hydroxyl groups excluding tert-OH is 3. The van der Waals surface area contributed by atoms with Gasteiger partial charge in [0.25, 0.3) is 5.91 Å². The number of hydrogen-bond acceptors (Lipinski definition) is 28. The third-order valence-electron chi connectivity index (χ3n) is 26.3. The number of aromatic hydroxyl groups is 1. The lowest BCUT2D eigenvalue weighted by Gasteiger charge is -2.49. The van der Waals surface area contributed by atoms with Crippen molar-refractivity contribution in [1.82, 2.24) is 51.2 Å². The number of Topliss-reactive ketones (excluding diaryl/α,β-unsaturated/α-hetero) is 1. The number of ketones is 1. The van der Waals surface area contributed by atoms with Crippen LogP contribution < -0.4 is 31.5 Å². The maximum atomic E-state index is 16.2. The Kier molecular flexibility index (Phi) is 34.4. The quantitative estimate of drug-likeness (QED) is 0.0479. The highest BCUT2D eigenvalue weighted by Gasteiger charge is 2.56. The molecule has 6 fully saturated rings. The topological polar surface area (TPSA) is 446 Å². The summed E-state index contributed by atoms with van der Waals surface area (Å²) >= 11 is 1.25. The second kappa shape index (κ2) is 42.7. The summed E-state index contributed by atoms with van der Waals surface area (Å²) in [7, 11) is 10.3. The third kappa shape index (κ3) is 23.3. The fourth-order valence-electron chi connectivity index (χ4n) is 18.5. The first-order chi connectivity index (χ1) is 58.3. The molecular weight excluding hydrogens is 1620 g/mol. The van der Waals surface area contributed by atoms with Crippen LogP contribution in [-0.2, 0) is 82.7 Å². The van der Waals surface area contributed by atoms with E-state index in [2.05, 4.69) is 31.6 Å². The number of ether oxygens (including phenoxy) is 7. The Bertz CT molecular complexity index is 4170. The molecule has 11 N–H and O–H groups in total. The van der Waals surface area contributed by atoms with Gasteiger partial charge in [-0.1, -0.05) is 77.1 Å². The molecule has 9 rings (SSSR count). The number of thioether (sulfide) groups is 1. The minimum absolute atomic E-state index is 0.0197. The molecule has 2 aromatic carbocycles. The lowest BCUT2D eigenvalue weighted by molar-refractivity contribution is -0.318. The van der Waals surface area contributed by atoms with Crippen LogP contribution in [0.25, 0.3) is 0 Å². The zero-order valence-electron chi connectivity index (χ0n) is 75.2. The van der Waals surface area contributed by atoms with Gasteiger partial charge in [0, 0.05) is 133 Å². The van der Waals surface area contributed by atoms with Gasteiger partial charge in [-0.2, -0.15) is 11.8 Å². The van der Waals surface area contributed by atoms with E-state index in [1.165, 1.54) is 91.9 Å². The highest BCUT2D eigenvalue weighted by atomic mass is 32.2. The van der Waals surface area contributed by atoms with E-state index in [0.29, 0.717) is 18.4 Å². The molecule has 6 saturated heterocycles. The molecule has 12 unspecified atom stereocenters. The normalized spacial score (nSPS) is 36.2. The number of likely N-dealkylation sites (N-methyl/N-ethyl adjacent to an activating group) is 2. The molecule has 3 aromatic rings. The monoisotopic (exact) mass is 1760 g/mol. The zero-order valence-corrected chi connectivity index (χ0v) is 76.1. The van der Waals surface area contributed by atoms with E-state index in [0.717, 1.165) is 5.69 Å². The Morgan fingerprint density at radius 1 is 0.774 bits per heavy atom. The molecule has 34 nitrogen and oxygen atoms in total. The molecule has 0 bridgehead atoms. The van der Waals surface area contributed by atoms with E-state index in [9.17, 15) is 59.4 Å². The van der Waals surface area contributed by atoms with Gasteiger partial charge < -0.3 is 115 Å². The number of fused-ring (bicyclic) bond motifs is 2. The van der Waals surface area contributed by atoms with Crippen molar-refractivity contribution in [3.8, 4) is 5.75 Å². The van der Waals surface area contributed by atoms with E-state index < -0.39 is 233 Å². The highest BCUT2D eigenvalue weighted by Crippen LogP contribution is 2.43. The van der Waals surface area contributed by atoms with Crippen LogP contribution in [-0.4, -0.2) is 320 Å². The summed E-state index contributed by atoms with van der Waals surface area (Å²) in [5, 5.41) is 86.8. The van der Waals surface area contributed by atoms with E-state index in [1.807, 2.05) is 64.0 Å². The minimum Gasteiger partial charge on any atom is -0.505 e. The fraction of sp³-hybridized carbons (Fsp3) is 0.697. The lowest BCUT2D eigenvalue weighted by atomic mass is 9.72. The predicted octanol–water partition coefficient (Wildman–Crippen LogP) is 3.31. The van der Waals surface area contributed by atoms with Crippen LogP contribution >= 0.6 is 11.8 Å². The molecule has 6 aliphatic rings. The number of pyridine rings is 1. The number of nitrogens with one attached hydrogen (secondary N) is 5. The number of piperidine rings is 1. The first-order valence-electron chi connectivity index (χ1n) is 43.4. The molecule has 690 valence electrons. The van der Waals surface area contributed by atoms with Crippen LogP contribution in [0, 0.1) is 29.6 Å². The molecule has 7 amide bonds. The van der Waals surface area contributed by atoms with Crippen LogP contribution in [0.1, 0.15) is 175 Å². The van der Waals surface area contributed by atoms with Gasteiger partial charge in [0.15, 0.2) is 24.3 Å². The van der Waals surface area contributed by atoms with Crippen LogP contribution in [0.2, 0.25) is 0 Å². The molecule has 124 heavy (non-hydrogen) atoms. The summed E-state index contributed by atoms with van der Waals surface area (Å²) in [6, 6.07) is 8.89. The number of rotatable bonds is 23. The molecule has 7 heterocycles. The van der Waals surface area contributed by atoms with Gasteiger partial charge in [0.2, 0.25) is 35.4 Å². The number of amides is 7. The van der Waals surface area contributed by atoms with Gasteiger partial charge in [-0.25, -0.2) is 9.78 Å². The molecule has 0 spiro atoms. The van der Waals surface area contributed by atoms with Gasteiger partial charge in [0.05, 0.1) is 47.6 Å². The SMILES string of the molecule is CC[C@H]1OC(=O)[C@H](C)[C@@H](OC2CC(C)(OC)C(O)C(C)O2)C(C)C(OC2OC(C)CC(N(C)C)C2O)[C@](C)(O)C[C@@H](C)[C@H](NCCNC(=O)CCSCC2CN3C(=O)[C@H](Cc4ccc(N(C)C)cc4)N(C)C(=O)[C@@H]4CCCN4C(=O)C(C)(CC)NC(=O)[C@@H](NC(=O)c4ncccc4O)[C@@H](C)OC(=O)[C@H](c4ccccc4)NC(=O)[C@@H]3CC2=O)[C@H](C)[C@@H](O)[C@]1(C)O.